The Morgan fingerprint density at radius 2 is 2.00 bits per heavy atom. The number of carbonyl (C=O) groups is 2. The van der Waals surface area contributed by atoms with Crippen molar-refractivity contribution < 1.29 is 14.3 Å². The lowest BCUT2D eigenvalue weighted by Crippen LogP contribution is -2.51. The molecule has 140 valence electrons. The number of ether oxygens (including phenoxy) is 1. The molecule has 1 amide bonds. The Hall–Kier alpha value is -2.37. The molecule has 26 heavy (non-hydrogen) atoms. The quantitative estimate of drug-likeness (QED) is 0.586. The molecular weight excluding hydrogens is 330 g/mol. The zero-order valence-corrected chi connectivity index (χ0v) is 15.9. The number of hydrogen-bond donors (Lipinski definition) is 0. The summed E-state index contributed by atoms with van der Waals surface area (Å²) in [5.41, 5.74) is 1.79. The molecule has 3 rings (SSSR count). The van der Waals surface area contributed by atoms with Gasteiger partial charge in [0.2, 0.25) is 11.9 Å². The summed E-state index contributed by atoms with van der Waals surface area (Å²) in [5.74, 6) is -0.751. The van der Waals surface area contributed by atoms with Gasteiger partial charge in [-0.15, -0.1) is 0 Å². The molecule has 0 bridgehead atoms. The number of amides is 1. The van der Waals surface area contributed by atoms with Crippen LogP contribution >= 0.6 is 0 Å². The molecule has 0 saturated carbocycles. The fourth-order valence-electron chi connectivity index (χ4n) is 3.76. The predicted molar refractivity (Wildman–Crippen MR) is 101 cm³/mol. The molecule has 1 aliphatic heterocycles. The van der Waals surface area contributed by atoms with Gasteiger partial charge in [0.15, 0.2) is 5.92 Å². The summed E-state index contributed by atoms with van der Waals surface area (Å²) in [4.78, 5) is 32.4. The van der Waals surface area contributed by atoms with Crippen molar-refractivity contribution in [2.24, 2.45) is 11.8 Å². The first kappa shape index (κ1) is 18.4. The number of nitrogens with zero attached hydrogens (tertiary/aromatic N) is 3. The van der Waals surface area contributed by atoms with Gasteiger partial charge in [-0.2, -0.15) is 0 Å². The lowest BCUT2D eigenvalue weighted by atomic mass is 9.87. The Morgan fingerprint density at radius 1 is 1.27 bits per heavy atom. The van der Waals surface area contributed by atoms with Crippen molar-refractivity contribution in [2.75, 3.05) is 18.1 Å². The maximum atomic E-state index is 13.3. The van der Waals surface area contributed by atoms with Crippen molar-refractivity contribution in [1.29, 1.82) is 0 Å². The SMILES string of the molecule is CCCCN1C(=O)[C@H](C(=O)OCC)[C@@H](C(C)C)n2c1nc1ccccc12. The van der Waals surface area contributed by atoms with Crippen LogP contribution in [0.15, 0.2) is 24.3 Å². The van der Waals surface area contributed by atoms with E-state index in [4.69, 9.17) is 9.72 Å². The first-order valence-electron chi connectivity index (χ1n) is 9.46. The first-order chi connectivity index (χ1) is 12.5. The Morgan fingerprint density at radius 3 is 2.65 bits per heavy atom. The van der Waals surface area contributed by atoms with E-state index >= 15 is 0 Å². The van der Waals surface area contributed by atoms with Crippen LogP contribution in [0.25, 0.3) is 11.0 Å². The van der Waals surface area contributed by atoms with E-state index < -0.39 is 11.9 Å². The second-order valence-electron chi connectivity index (χ2n) is 7.08. The first-order valence-corrected chi connectivity index (χ1v) is 9.46. The van der Waals surface area contributed by atoms with Gasteiger partial charge in [-0.25, -0.2) is 4.98 Å². The summed E-state index contributed by atoms with van der Waals surface area (Å²) in [6.45, 7) is 8.73. The van der Waals surface area contributed by atoms with Crippen LogP contribution in [-0.4, -0.2) is 34.6 Å². The molecule has 0 unspecified atom stereocenters. The molecule has 2 aromatic rings. The minimum atomic E-state index is -0.836. The van der Waals surface area contributed by atoms with E-state index in [1.165, 1.54) is 0 Å². The Labute approximate surface area is 154 Å². The van der Waals surface area contributed by atoms with Crippen molar-refractivity contribution >= 4 is 28.9 Å². The number of unbranched alkanes of at least 4 members (excludes halogenated alkanes) is 1. The van der Waals surface area contributed by atoms with Gasteiger partial charge in [-0.1, -0.05) is 39.3 Å². The highest BCUT2D eigenvalue weighted by Crippen LogP contribution is 2.41. The molecule has 0 spiro atoms. The van der Waals surface area contributed by atoms with Crippen LogP contribution in [0.1, 0.15) is 46.6 Å². The van der Waals surface area contributed by atoms with Crippen molar-refractivity contribution in [2.45, 2.75) is 46.6 Å². The van der Waals surface area contributed by atoms with Crippen molar-refractivity contribution in [3.05, 3.63) is 24.3 Å². The van der Waals surface area contributed by atoms with Gasteiger partial charge in [0, 0.05) is 6.54 Å². The molecule has 2 atom stereocenters. The molecule has 1 aromatic heterocycles. The van der Waals surface area contributed by atoms with Crippen LogP contribution in [0.3, 0.4) is 0 Å². The van der Waals surface area contributed by atoms with E-state index in [1.807, 2.05) is 38.1 Å². The molecule has 0 aliphatic carbocycles. The van der Waals surface area contributed by atoms with E-state index in [-0.39, 0.29) is 24.5 Å². The van der Waals surface area contributed by atoms with Crippen LogP contribution in [0.5, 0.6) is 0 Å². The van der Waals surface area contributed by atoms with Crippen LogP contribution in [0.2, 0.25) is 0 Å². The molecule has 1 aliphatic rings. The highest BCUT2D eigenvalue weighted by molar-refractivity contribution is 6.08. The third-order valence-electron chi connectivity index (χ3n) is 4.95. The summed E-state index contributed by atoms with van der Waals surface area (Å²) < 4.78 is 7.34. The van der Waals surface area contributed by atoms with E-state index in [0.717, 1.165) is 23.9 Å². The minimum Gasteiger partial charge on any atom is -0.465 e. The number of carbonyl (C=O) groups excluding carboxylic acids is 2. The molecule has 6 nitrogen and oxygen atoms in total. The lowest BCUT2D eigenvalue weighted by Gasteiger charge is -2.39. The predicted octanol–water partition coefficient (Wildman–Crippen LogP) is 3.56. The van der Waals surface area contributed by atoms with E-state index in [1.54, 1.807) is 11.8 Å². The van der Waals surface area contributed by atoms with Gasteiger partial charge in [0.1, 0.15) is 0 Å². The molecule has 0 saturated heterocycles. The third-order valence-corrected chi connectivity index (χ3v) is 4.95. The number of imidazole rings is 1. The summed E-state index contributed by atoms with van der Waals surface area (Å²) in [6, 6.07) is 7.53. The average Bonchev–Trinajstić information content (AvgIpc) is 2.99. The zero-order chi connectivity index (χ0) is 18.8. The molecule has 1 aromatic carbocycles. The molecule has 6 heteroatoms. The summed E-state index contributed by atoms with van der Waals surface area (Å²) in [6.07, 6.45) is 1.82. The van der Waals surface area contributed by atoms with E-state index in [0.29, 0.717) is 12.5 Å². The number of para-hydroxylation sites is 2. The molecular formula is C20H27N3O3. The van der Waals surface area contributed by atoms with Gasteiger partial charge in [-0.3, -0.25) is 14.5 Å². The van der Waals surface area contributed by atoms with Crippen molar-refractivity contribution in [3.63, 3.8) is 0 Å². The second-order valence-corrected chi connectivity index (χ2v) is 7.08. The van der Waals surface area contributed by atoms with Crippen molar-refractivity contribution in [1.82, 2.24) is 9.55 Å². The summed E-state index contributed by atoms with van der Waals surface area (Å²) in [7, 11) is 0. The Balaban J connectivity index is 2.21. The average molecular weight is 357 g/mol. The standard InChI is InChI=1S/C20H27N3O3/c1-5-7-12-22-18(24)16(19(25)26-6-2)17(13(3)4)23-15-11-9-8-10-14(15)21-20(22)23/h8-11,13,16-17H,5-7,12H2,1-4H3/t16-,17-/m1/s1. The van der Waals surface area contributed by atoms with Crippen molar-refractivity contribution in [3.8, 4) is 0 Å². The van der Waals surface area contributed by atoms with Crippen LogP contribution in [0, 0.1) is 11.8 Å². The maximum absolute atomic E-state index is 13.3. The number of fused-ring (bicyclic) bond motifs is 3. The highest BCUT2D eigenvalue weighted by Gasteiger charge is 2.47. The molecule has 0 radical (unpaired) electrons. The normalized spacial score (nSPS) is 19.9. The van der Waals surface area contributed by atoms with E-state index in [2.05, 4.69) is 11.5 Å². The van der Waals surface area contributed by atoms with E-state index in [9.17, 15) is 9.59 Å². The molecule has 0 fully saturated rings. The number of esters is 1. The monoisotopic (exact) mass is 357 g/mol. The summed E-state index contributed by atoms with van der Waals surface area (Å²) in [5, 5.41) is 0. The van der Waals surface area contributed by atoms with Gasteiger partial charge >= 0.3 is 5.97 Å². The lowest BCUT2D eigenvalue weighted by molar-refractivity contribution is -0.154. The highest BCUT2D eigenvalue weighted by atomic mass is 16.5. The van der Waals surface area contributed by atoms with Gasteiger partial charge in [0.05, 0.1) is 23.7 Å². The van der Waals surface area contributed by atoms with Gasteiger partial charge in [0.25, 0.3) is 0 Å². The number of benzene rings is 1. The van der Waals surface area contributed by atoms with Crippen LogP contribution in [-0.2, 0) is 14.3 Å². The zero-order valence-electron chi connectivity index (χ0n) is 15.9. The number of hydrogen-bond acceptors (Lipinski definition) is 4. The Bertz CT molecular complexity index is 812. The number of anilines is 1. The third kappa shape index (κ3) is 2.97. The van der Waals surface area contributed by atoms with Crippen LogP contribution in [0.4, 0.5) is 5.95 Å². The van der Waals surface area contributed by atoms with Gasteiger partial charge in [-0.05, 0) is 31.4 Å². The van der Waals surface area contributed by atoms with Gasteiger partial charge < -0.3 is 9.30 Å². The second kappa shape index (κ2) is 7.48. The molecule has 0 N–H and O–H groups in total. The topological polar surface area (TPSA) is 64.4 Å². The summed E-state index contributed by atoms with van der Waals surface area (Å²) >= 11 is 0. The molecule has 2 heterocycles. The number of aromatic nitrogens is 2. The minimum absolute atomic E-state index is 0.0815. The maximum Gasteiger partial charge on any atom is 0.320 e. The number of rotatable bonds is 6. The fourth-order valence-corrected chi connectivity index (χ4v) is 3.76. The largest absolute Gasteiger partial charge is 0.465 e. The van der Waals surface area contributed by atoms with Crippen LogP contribution < -0.4 is 4.90 Å². The fraction of sp³-hybridized carbons (Fsp3) is 0.550. The Kier molecular flexibility index (Phi) is 5.30. The smallest absolute Gasteiger partial charge is 0.320 e.